The van der Waals surface area contributed by atoms with Crippen molar-refractivity contribution in [1.82, 2.24) is 0 Å². The van der Waals surface area contributed by atoms with E-state index in [2.05, 4.69) is 13.0 Å². The molecule has 0 heterocycles. The van der Waals surface area contributed by atoms with Gasteiger partial charge in [0, 0.05) is 0 Å². The van der Waals surface area contributed by atoms with Gasteiger partial charge in [0.1, 0.15) is 11.8 Å². The Balaban J connectivity index is 2.46. The smallest absolute Gasteiger partial charge is 0.137 e. The molecule has 0 radical (unpaired) electrons. The summed E-state index contributed by atoms with van der Waals surface area (Å²) in [7, 11) is 0. The number of hydrogen-bond donors (Lipinski definition) is 0. The zero-order valence-electron chi connectivity index (χ0n) is 8.49. The fourth-order valence-electron chi connectivity index (χ4n) is 1.22. The molecule has 0 aliphatic rings. The van der Waals surface area contributed by atoms with Crippen molar-refractivity contribution in [1.29, 1.82) is 5.26 Å². The van der Waals surface area contributed by atoms with Crippen LogP contribution in [0.25, 0.3) is 0 Å². The van der Waals surface area contributed by atoms with Crippen molar-refractivity contribution in [2.45, 2.75) is 26.2 Å². The highest BCUT2D eigenvalue weighted by atomic mass is 16.5. The van der Waals surface area contributed by atoms with Gasteiger partial charge in [0.05, 0.1) is 12.2 Å². The molecule has 0 atom stereocenters. The van der Waals surface area contributed by atoms with Crippen molar-refractivity contribution in [2.75, 3.05) is 6.61 Å². The molecular formula is C12H15NO. The van der Waals surface area contributed by atoms with E-state index in [1.54, 1.807) is 6.07 Å². The molecular weight excluding hydrogens is 174 g/mol. The molecule has 0 N–H and O–H groups in total. The number of para-hydroxylation sites is 1. The van der Waals surface area contributed by atoms with Crippen molar-refractivity contribution in [3.8, 4) is 11.8 Å². The van der Waals surface area contributed by atoms with Crippen LogP contribution in [0.2, 0.25) is 0 Å². The number of hydrogen-bond acceptors (Lipinski definition) is 2. The van der Waals surface area contributed by atoms with E-state index in [1.807, 2.05) is 18.2 Å². The highest BCUT2D eigenvalue weighted by Gasteiger charge is 2.00. The van der Waals surface area contributed by atoms with Crippen LogP contribution >= 0.6 is 0 Å². The second-order valence-corrected chi connectivity index (χ2v) is 3.16. The van der Waals surface area contributed by atoms with Crippen LogP contribution in [0.15, 0.2) is 24.3 Å². The van der Waals surface area contributed by atoms with Crippen LogP contribution in [0.4, 0.5) is 0 Å². The number of rotatable bonds is 5. The van der Waals surface area contributed by atoms with Gasteiger partial charge in [-0.3, -0.25) is 0 Å². The van der Waals surface area contributed by atoms with Gasteiger partial charge >= 0.3 is 0 Å². The fraction of sp³-hybridized carbons (Fsp3) is 0.417. The average molecular weight is 189 g/mol. The molecule has 0 fully saturated rings. The van der Waals surface area contributed by atoms with Crippen LogP contribution in [-0.2, 0) is 0 Å². The molecule has 0 saturated carbocycles. The summed E-state index contributed by atoms with van der Waals surface area (Å²) in [6.45, 7) is 2.86. The van der Waals surface area contributed by atoms with Crippen LogP contribution in [0.5, 0.6) is 5.75 Å². The van der Waals surface area contributed by atoms with Gasteiger partial charge < -0.3 is 4.74 Å². The van der Waals surface area contributed by atoms with E-state index in [1.165, 1.54) is 12.8 Å². The van der Waals surface area contributed by atoms with Crippen molar-refractivity contribution < 1.29 is 4.74 Å². The summed E-state index contributed by atoms with van der Waals surface area (Å²) in [5.74, 6) is 0.700. The third-order valence-electron chi connectivity index (χ3n) is 2.01. The van der Waals surface area contributed by atoms with Gasteiger partial charge in [0.25, 0.3) is 0 Å². The third-order valence-corrected chi connectivity index (χ3v) is 2.01. The first kappa shape index (κ1) is 10.6. The lowest BCUT2D eigenvalue weighted by atomic mass is 10.2. The zero-order chi connectivity index (χ0) is 10.2. The minimum absolute atomic E-state index is 0.615. The largest absolute Gasteiger partial charge is 0.492 e. The predicted octanol–water partition coefficient (Wildman–Crippen LogP) is 3.13. The lowest BCUT2D eigenvalue weighted by molar-refractivity contribution is 0.305. The summed E-state index contributed by atoms with van der Waals surface area (Å²) in [5.41, 5.74) is 0.615. The minimum atomic E-state index is 0.615. The first-order valence-corrected chi connectivity index (χ1v) is 5.00. The predicted molar refractivity (Wildman–Crippen MR) is 56.2 cm³/mol. The summed E-state index contributed by atoms with van der Waals surface area (Å²) in [4.78, 5) is 0. The Labute approximate surface area is 85.1 Å². The Kier molecular flexibility index (Phi) is 4.57. The van der Waals surface area contributed by atoms with Gasteiger partial charge in [-0.2, -0.15) is 5.26 Å². The van der Waals surface area contributed by atoms with Crippen molar-refractivity contribution >= 4 is 0 Å². The molecule has 2 heteroatoms. The number of unbranched alkanes of at least 4 members (excludes halogenated alkanes) is 2. The van der Waals surface area contributed by atoms with Crippen LogP contribution in [0.1, 0.15) is 31.7 Å². The molecule has 74 valence electrons. The van der Waals surface area contributed by atoms with E-state index < -0.39 is 0 Å². The summed E-state index contributed by atoms with van der Waals surface area (Å²) >= 11 is 0. The van der Waals surface area contributed by atoms with Gasteiger partial charge in [-0.1, -0.05) is 31.9 Å². The maximum absolute atomic E-state index is 8.79. The summed E-state index contributed by atoms with van der Waals surface area (Å²) in [5, 5.41) is 8.79. The number of ether oxygens (including phenoxy) is 1. The first-order valence-electron chi connectivity index (χ1n) is 5.00. The van der Waals surface area contributed by atoms with Crippen LogP contribution < -0.4 is 4.74 Å². The quantitative estimate of drug-likeness (QED) is 0.667. The molecule has 0 unspecified atom stereocenters. The molecule has 0 aromatic heterocycles. The molecule has 0 aliphatic heterocycles. The molecule has 2 nitrogen and oxygen atoms in total. The second kappa shape index (κ2) is 6.04. The summed E-state index contributed by atoms with van der Waals surface area (Å²) in [6.07, 6.45) is 3.41. The van der Waals surface area contributed by atoms with Gasteiger partial charge in [-0.15, -0.1) is 0 Å². The summed E-state index contributed by atoms with van der Waals surface area (Å²) in [6, 6.07) is 9.45. The lowest BCUT2D eigenvalue weighted by Crippen LogP contribution is -1.98. The summed E-state index contributed by atoms with van der Waals surface area (Å²) < 4.78 is 5.51. The zero-order valence-corrected chi connectivity index (χ0v) is 8.49. The lowest BCUT2D eigenvalue weighted by Gasteiger charge is -2.06. The number of nitrogens with zero attached hydrogens (tertiary/aromatic N) is 1. The van der Waals surface area contributed by atoms with E-state index >= 15 is 0 Å². The van der Waals surface area contributed by atoms with Gasteiger partial charge in [-0.05, 0) is 18.6 Å². The standard InChI is InChI=1S/C12H15NO/c1-2-3-6-9-14-12-8-5-4-7-11(12)10-13/h4-5,7-8H,2-3,6,9H2,1H3. The van der Waals surface area contributed by atoms with Gasteiger partial charge in [-0.25, -0.2) is 0 Å². The minimum Gasteiger partial charge on any atom is -0.492 e. The van der Waals surface area contributed by atoms with E-state index in [9.17, 15) is 0 Å². The normalized spacial score (nSPS) is 9.43. The molecule has 0 spiro atoms. The monoisotopic (exact) mass is 189 g/mol. The van der Waals surface area contributed by atoms with E-state index in [4.69, 9.17) is 10.00 Å². The molecule has 0 bridgehead atoms. The molecule has 1 rings (SSSR count). The molecule has 0 saturated heterocycles. The van der Waals surface area contributed by atoms with Crippen LogP contribution in [-0.4, -0.2) is 6.61 Å². The van der Waals surface area contributed by atoms with Crippen LogP contribution in [0.3, 0.4) is 0 Å². The molecule has 0 amide bonds. The second-order valence-electron chi connectivity index (χ2n) is 3.16. The van der Waals surface area contributed by atoms with E-state index in [-0.39, 0.29) is 0 Å². The van der Waals surface area contributed by atoms with Crippen LogP contribution in [0, 0.1) is 11.3 Å². The number of nitriles is 1. The Bertz CT molecular complexity index is 314. The third kappa shape index (κ3) is 3.10. The Hall–Kier alpha value is -1.49. The Morgan fingerprint density at radius 3 is 2.79 bits per heavy atom. The Morgan fingerprint density at radius 1 is 1.29 bits per heavy atom. The number of benzene rings is 1. The van der Waals surface area contributed by atoms with Gasteiger partial charge in [0.15, 0.2) is 0 Å². The van der Waals surface area contributed by atoms with Crippen molar-refractivity contribution in [2.24, 2.45) is 0 Å². The van der Waals surface area contributed by atoms with E-state index in [0.29, 0.717) is 17.9 Å². The average Bonchev–Trinajstić information content (AvgIpc) is 2.25. The Morgan fingerprint density at radius 2 is 2.07 bits per heavy atom. The first-order chi connectivity index (χ1) is 6.88. The highest BCUT2D eigenvalue weighted by Crippen LogP contribution is 2.16. The molecule has 1 aromatic rings. The maximum atomic E-state index is 8.79. The highest BCUT2D eigenvalue weighted by molar-refractivity contribution is 5.42. The van der Waals surface area contributed by atoms with Crippen molar-refractivity contribution in [3.63, 3.8) is 0 Å². The molecule has 1 aromatic carbocycles. The van der Waals surface area contributed by atoms with Crippen molar-refractivity contribution in [3.05, 3.63) is 29.8 Å². The van der Waals surface area contributed by atoms with E-state index in [0.717, 1.165) is 6.42 Å². The topological polar surface area (TPSA) is 33.0 Å². The maximum Gasteiger partial charge on any atom is 0.137 e. The SMILES string of the molecule is CCCCCOc1ccccc1C#N. The van der Waals surface area contributed by atoms with Gasteiger partial charge in [0.2, 0.25) is 0 Å². The fourth-order valence-corrected chi connectivity index (χ4v) is 1.22. The molecule has 14 heavy (non-hydrogen) atoms. The molecule has 0 aliphatic carbocycles.